The van der Waals surface area contributed by atoms with Crippen molar-refractivity contribution in [2.24, 2.45) is 0 Å². The number of carbonyl (C=O) groups excluding carboxylic acids is 1. The van der Waals surface area contributed by atoms with Gasteiger partial charge in [0.25, 0.3) is 5.76 Å². The topological polar surface area (TPSA) is 65.8 Å². The number of hydrogen-bond donors (Lipinski definition) is 1. The monoisotopic (exact) mass is 529 g/mol. The molecule has 12 heteroatoms. The average Bonchev–Trinajstić information content (AvgIpc) is 2.76. The maximum Gasteiger partial charge on any atom is 0.417 e. The smallest absolute Gasteiger partial charge is 0.325 e. The van der Waals surface area contributed by atoms with Gasteiger partial charge in [0.1, 0.15) is 11.1 Å². The summed E-state index contributed by atoms with van der Waals surface area (Å²) in [6.45, 7) is 0. The number of alkyl halides is 5. The number of amides is 1. The first kappa shape index (κ1) is 25.8. The second-order valence-corrected chi connectivity index (χ2v) is 9.06. The standard InChI is InChI=1S/C22H13ClF5N3OS2/c23-13-2-1-3-14(8-13)30-19(32)11-33-20-16(10-29)17(22(26,27)28)9-18(31-20)12-4-6-15(7-5-12)34-21(24)25/h1-9,21H,11H2,(H,30,32). The van der Waals surface area contributed by atoms with Crippen LogP contribution in [0.2, 0.25) is 5.02 Å². The molecule has 4 nitrogen and oxygen atoms in total. The number of nitriles is 1. The Morgan fingerprint density at radius 2 is 1.85 bits per heavy atom. The number of halogens is 6. The van der Waals surface area contributed by atoms with E-state index in [9.17, 15) is 32.0 Å². The van der Waals surface area contributed by atoms with Crippen molar-refractivity contribution in [2.75, 3.05) is 11.1 Å². The summed E-state index contributed by atoms with van der Waals surface area (Å²) in [7, 11) is 0. The van der Waals surface area contributed by atoms with Crippen LogP contribution in [-0.4, -0.2) is 22.4 Å². The molecule has 0 atom stereocenters. The van der Waals surface area contributed by atoms with Crippen molar-refractivity contribution in [1.29, 1.82) is 5.26 Å². The zero-order chi connectivity index (χ0) is 24.9. The van der Waals surface area contributed by atoms with E-state index >= 15 is 0 Å². The van der Waals surface area contributed by atoms with Crippen LogP contribution in [0.1, 0.15) is 11.1 Å². The third-order valence-electron chi connectivity index (χ3n) is 4.23. The van der Waals surface area contributed by atoms with E-state index in [-0.39, 0.29) is 26.9 Å². The van der Waals surface area contributed by atoms with Gasteiger partial charge in [0, 0.05) is 21.2 Å². The van der Waals surface area contributed by atoms with Crippen LogP contribution in [0.3, 0.4) is 0 Å². The molecule has 0 saturated carbocycles. The molecule has 2 aromatic carbocycles. The molecule has 34 heavy (non-hydrogen) atoms. The zero-order valence-electron chi connectivity index (χ0n) is 16.9. The highest BCUT2D eigenvalue weighted by Crippen LogP contribution is 2.38. The summed E-state index contributed by atoms with van der Waals surface area (Å²) in [5, 5.41) is 12.1. The van der Waals surface area contributed by atoms with Crippen LogP contribution < -0.4 is 5.32 Å². The molecule has 0 radical (unpaired) electrons. The predicted octanol–water partition coefficient (Wildman–Crippen LogP) is 7.34. The number of aromatic nitrogens is 1. The quantitative estimate of drug-likeness (QED) is 0.256. The summed E-state index contributed by atoms with van der Waals surface area (Å²) in [4.78, 5) is 16.7. The third-order valence-corrected chi connectivity index (χ3v) is 6.16. The number of nitrogens with zero attached hydrogens (tertiary/aromatic N) is 2. The van der Waals surface area contributed by atoms with Gasteiger partial charge in [0.2, 0.25) is 5.91 Å². The molecule has 3 rings (SSSR count). The van der Waals surface area contributed by atoms with Gasteiger partial charge in [-0.05, 0) is 36.4 Å². The van der Waals surface area contributed by atoms with Gasteiger partial charge in [-0.25, -0.2) is 4.98 Å². The molecule has 1 amide bonds. The normalized spacial score (nSPS) is 11.4. The molecule has 0 spiro atoms. The van der Waals surface area contributed by atoms with E-state index in [4.69, 9.17) is 11.6 Å². The van der Waals surface area contributed by atoms with Crippen LogP contribution in [0.15, 0.2) is 64.5 Å². The minimum absolute atomic E-state index is 0.113. The average molecular weight is 530 g/mol. The van der Waals surface area contributed by atoms with Crippen LogP contribution in [0.4, 0.5) is 27.6 Å². The number of carbonyl (C=O) groups is 1. The summed E-state index contributed by atoms with van der Waals surface area (Å²) in [6.07, 6.45) is -4.85. The van der Waals surface area contributed by atoms with Gasteiger partial charge >= 0.3 is 6.18 Å². The van der Waals surface area contributed by atoms with Crippen molar-refractivity contribution >= 4 is 46.7 Å². The molecule has 0 unspecified atom stereocenters. The minimum Gasteiger partial charge on any atom is -0.325 e. The lowest BCUT2D eigenvalue weighted by Gasteiger charge is -2.14. The highest BCUT2D eigenvalue weighted by atomic mass is 35.5. The highest BCUT2D eigenvalue weighted by Gasteiger charge is 2.36. The van der Waals surface area contributed by atoms with Crippen molar-refractivity contribution in [3.05, 3.63) is 70.7 Å². The molecule has 3 aromatic rings. The van der Waals surface area contributed by atoms with Gasteiger partial charge in [0.05, 0.1) is 22.6 Å². The maximum absolute atomic E-state index is 13.7. The third kappa shape index (κ3) is 6.85. The number of anilines is 1. The minimum atomic E-state index is -4.85. The largest absolute Gasteiger partial charge is 0.417 e. The fraction of sp³-hybridized carbons (Fsp3) is 0.136. The van der Waals surface area contributed by atoms with Gasteiger partial charge in [-0.3, -0.25) is 4.79 Å². The molecule has 0 fully saturated rings. The number of pyridine rings is 1. The SMILES string of the molecule is N#Cc1c(C(F)(F)F)cc(-c2ccc(SC(F)F)cc2)nc1SCC(=O)Nc1cccc(Cl)c1. The Hall–Kier alpha value is -2.81. The fourth-order valence-corrected chi connectivity index (χ4v) is 4.30. The Bertz CT molecular complexity index is 1230. The molecule has 0 bridgehead atoms. The molecule has 1 aromatic heterocycles. The van der Waals surface area contributed by atoms with Crippen LogP contribution in [-0.2, 0) is 11.0 Å². The van der Waals surface area contributed by atoms with E-state index in [1.807, 2.05) is 0 Å². The lowest BCUT2D eigenvalue weighted by Crippen LogP contribution is -2.15. The van der Waals surface area contributed by atoms with Crippen LogP contribution in [0.5, 0.6) is 0 Å². The van der Waals surface area contributed by atoms with E-state index in [1.54, 1.807) is 18.2 Å². The summed E-state index contributed by atoms with van der Waals surface area (Å²) in [5.74, 6) is -3.50. The Morgan fingerprint density at radius 1 is 1.15 bits per heavy atom. The van der Waals surface area contributed by atoms with Gasteiger partial charge in [0.15, 0.2) is 0 Å². The maximum atomic E-state index is 13.7. The Morgan fingerprint density at radius 3 is 2.44 bits per heavy atom. The van der Waals surface area contributed by atoms with E-state index in [1.165, 1.54) is 36.4 Å². The van der Waals surface area contributed by atoms with E-state index in [0.717, 1.165) is 6.07 Å². The molecule has 1 heterocycles. The number of hydrogen-bond acceptors (Lipinski definition) is 5. The Kier molecular flexibility index (Phi) is 8.41. The Balaban J connectivity index is 1.91. The highest BCUT2D eigenvalue weighted by molar-refractivity contribution is 8.00. The van der Waals surface area contributed by atoms with E-state index < -0.39 is 29.0 Å². The van der Waals surface area contributed by atoms with Gasteiger partial charge < -0.3 is 5.32 Å². The first-order valence-electron chi connectivity index (χ1n) is 9.32. The Labute approximate surface area is 204 Å². The van der Waals surface area contributed by atoms with Crippen LogP contribution in [0.25, 0.3) is 11.3 Å². The van der Waals surface area contributed by atoms with E-state index in [0.29, 0.717) is 34.2 Å². The summed E-state index contributed by atoms with van der Waals surface area (Å²) >= 11 is 6.83. The van der Waals surface area contributed by atoms with Gasteiger partial charge in [-0.1, -0.05) is 53.3 Å². The fourth-order valence-electron chi connectivity index (χ4n) is 2.81. The van der Waals surface area contributed by atoms with Crippen molar-refractivity contribution in [1.82, 2.24) is 4.98 Å². The predicted molar refractivity (Wildman–Crippen MR) is 122 cm³/mol. The van der Waals surface area contributed by atoms with Crippen molar-refractivity contribution in [2.45, 2.75) is 21.9 Å². The summed E-state index contributed by atoms with van der Waals surface area (Å²) in [5.41, 5.74) is -1.39. The van der Waals surface area contributed by atoms with Gasteiger partial charge in [-0.2, -0.15) is 27.2 Å². The molecular weight excluding hydrogens is 517 g/mol. The molecule has 0 aliphatic heterocycles. The summed E-state index contributed by atoms with van der Waals surface area (Å²) < 4.78 is 66.1. The number of rotatable bonds is 7. The first-order valence-corrected chi connectivity index (χ1v) is 11.6. The molecular formula is C22H13ClF5N3OS2. The van der Waals surface area contributed by atoms with Crippen molar-refractivity contribution in [3.63, 3.8) is 0 Å². The second kappa shape index (κ2) is 11.1. The first-order chi connectivity index (χ1) is 16.1. The molecule has 176 valence electrons. The zero-order valence-corrected chi connectivity index (χ0v) is 19.3. The van der Waals surface area contributed by atoms with Crippen molar-refractivity contribution < 1.29 is 26.7 Å². The van der Waals surface area contributed by atoms with E-state index in [2.05, 4.69) is 10.3 Å². The van der Waals surface area contributed by atoms with Gasteiger partial charge in [-0.15, -0.1) is 0 Å². The second-order valence-electron chi connectivity index (χ2n) is 6.59. The lowest BCUT2D eigenvalue weighted by atomic mass is 10.1. The van der Waals surface area contributed by atoms with Crippen LogP contribution >= 0.6 is 35.1 Å². The molecule has 1 N–H and O–H groups in total. The molecule has 0 aliphatic rings. The van der Waals surface area contributed by atoms with Crippen LogP contribution in [0, 0.1) is 11.3 Å². The lowest BCUT2D eigenvalue weighted by molar-refractivity contribution is -0.138. The summed E-state index contributed by atoms with van der Waals surface area (Å²) in [6, 6.07) is 14.0. The van der Waals surface area contributed by atoms with Crippen molar-refractivity contribution in [3.8, 4) is 17.3 Å². The molecule has 0 aliphatic carbocycles. The molecule has 0 saturated heterocycles. The number of nitrogens with one attached hydrogen (secondary N) is 1. The number of benzene rings is 2. The number of thioether (sulfide) groups is 2.